The molecule has 0 radical (unpaired) electrons. The Morgan fingerprint density at radius 3 is 2.23 bits per heavy atom. The van der Waals surface area contributed by atoms with Crippen molar-refractivity contribution in [2.45, 2.75) is 20.2 Å². The van der Waals surface area contributed by atoms with E-state index in [1.165, 1.54) is 18.2 Å². The van der Waals surface area contributed by atoms with Crippen LogP contribution in [0.15, 0.2) is 24.3 Å². The largest absolute Gasteiger partial charge is 0.573 e. The van der Waals surface area contributed by atoms with Gasteiger partial charge in [0.05, 0.1) is 22.8 Å². The van der Waals surface area contributed by atoms with Gasteiger partial charge in [-0.3, -0.25) is 0 Å². The average Bonchev–Trinajstić information content (AvgIpc) is 2.65. The Kier molecular flexibility index (Phi) is 6.30. The van der Waals surface area contributed by atoms with E-state index in [2.05, 4.69) is 42.2 Å². The number of ether oxygens (including phenoxy) is 1. The van der Waals surface area contributed by atoms with E-state index >= 15 is 0 Å². The predicted molar refractivity (Wildman–Crippen MR) is 107 cm³/mol. The van der Waals surface area contributed by atoms with Crippen molar-refractivity contribution in [2.24, 2.45) is 0 Å². The Hall–Kier alpha value is -3.08. The summed E-state index contributed by atoms with van der Waals surface area (Å²) < 4.78 is 41.6. The summed E-state index contributed by atoms with van der Waals surface area (Å²) in [4.78, 5) is 25.7. The molecule has 2 amide bonds. The highest BCUT2D eigenvalue weighted by Gasteiger charge is 2.32. The fraction of sp³-hybridized carbons (Fsp3) is 0.421. The number of halogens is 3. The van der Waals surface area contributed by atoms with E-state index in [4.69, 9.17) is 0 Å². The number of carbonyl (C=O) groups excluding carboxylic acids is 1. The standard InChI is InChI=1S/C19H23F3N6O2/c1-12-16(13(2)24-17(23-12)28-10-8-27(3)9-11-28)26-18(29)25-14-6-4-5-7-15(14)30-19(20,21)22/h4-7H,8-11H2,1-3H3,(H2,25,26,29). The number of para-hydroxylation sites is 2. The fourth-order valence-corrected chi connectivity index (χ4v) is 3.08. The molecular weight excluding hydrogens is 401 g/mol. The van der Waals surface area contributed by atoms with E-state index in [-0.39, 0.29) is 5.69 Å². The second-order valence-electron chi connectivity index (χ2n) is 6.98. The van der Waals surface area contributed by atoms with Crippen molar-refractivity contribution in [2.75, 3.05) is 48.8 Å². The van der Waals surface area contributed by atoms with E-state index in [0.29, 0.717) is 23.0 Å². The van der Waals surface area contributed by atoms with Gasteiger partial charge in [-0.05, 0) is 33.0 Å². The van der Waals surface area contributed by atoms with Crippen LogP contribution in [-0.4, -0.2) is 60.5 Å². The zero-order valence-corrected chi connectivity index (χ0v) is 16.9. The van der Waals surface area contributed by atoms with Gasteiger partial charge in [0, 0.05) is 26.2 Å². The Labute approximate surface area is 172 Å². The van der Waals surface area contributed by atoms with Crippen molar-refractivity contribution < 1.29 is 22.7 Å². The van der Waals surface area contributed by atoms with Gasteiger partial charge in [0.2, 0.25) is 5.95 Å². The molecule has 11 heteroatoms. The highest BCUT2D eigenvalue weighted by Crippen LogP contribution is 2.30. The summed E-state index contributed by atoms with van der Waals surface area (Å²) in [6.07, 6.45) is -4.87. The minimum atomic E-state index is -4.87. The quantitative estimate of drug-likeness (QED) is 0.783. The molecule has 1 aliphatic rings. The summed E-state index contributed by atoms with van der Waals surface area (Å²) in [5.74, 6) is 0.0863. The van der Waals surface area contributed by atoms with Gasteiger partial charge in [0.15, 0.2) is 5.75 Å². The lowest BCUT2D eigenvalue weighted by Crippen LogP contribution is -2.45. The van der Waals surface area contributed by atoms with Crippen LogP contribution in [0.1, 0.15) is 11.4 Å². The second-order valence-corrected chi connectivity index (χ2v) is 6.98. The van der Waals surface area contributed by atoms with Crippen LogP contribution < -0.4 is 20.3 Å². The van der Waals surface area contributed by atoms with Crippen molar-refractivity contribution in [1.29, 1.82) is 0 Å². The molecule has 0 unspecified atom stereocenters. The van der Waals surface area contributed by atoms with E-state index in [1.807, 2.05) is 0 Å². The number of alkyl halides is 3. The van der Waals surface area contributed by atoms with Gasteiger partial charge in [-0.2, -0.15) is 0 Å². The van der Waals surface area contributed by atoms with Gasteiger partial charge in [0.25, 0.3) is 0 Å². The van der Waals surface area contributed by atoms with Crippen LogP contribution in [0.3, 0.4) is 0 Å². The lowest BCUT2D eigenvalue weighted by molar-refractivity contribution is -0.274. The number of amides is 2. The smallest absolute Gasteiger partial charge is 0.404 e. The lowest BCUT2D eigenvalue weighted by atomic mass is 10.2. The maximum Gasteiger partial charge on any atom is 0.573 e. The first-order valence-corrected chi connectivity index (χ1v) is 9.34. The SMILES string of the molecule is Cc1nc(N2CCN(C)CC2)nc(C)c1NC(=O)Nc1ccccc1OC(F)(F)F. The molecule has 1 fully saturated rings. The third-order valence-corrected chi connectivity index (χ3v) is 4.64. The van der Waals surface area contributed by atoms with Crippen LogP contribution in [0.5, 0.6) is 5.75 Å². The molecule has 2 heterocycles. The summed E-state index contributed by atoms with van der Waals surface area (Å²) in [6.45, 7) is 6.90. The van der Waals surface area contributed by atoms with Gasteiger partial charge < -0.3 is 25.2 Å². The maximum absolute atomic E-state index is 12.6. The van der Waals surface area contributed by atoms with Crippen molar-refractivity contribution in [3.63, 3.8) is 0 Å². The molecule has 0 bridgehead atoms. The number of aryl methyl sites for hydroxylation is 2. The zero-order valence-electron chi connectivity index (χ0n) is 16.9. The van der Waals surface area contributed by atoms with Crippen LogP contribution in [0.4, 0.5) is 35.3 Å². The minimum Gasteiger partial charge on any atom is -0.404 e. The number of likely N-dealkylation sites (N-methyl/N-ethyl adjacent to an activating group) is 1. The first kappa shape index (κ1) is 21.6. The molecule has 2 aromatic rings. The summed E-state index contributed by atoms with van der Waals surface area (Å²) >= 11 is 0. The second kappa shape index (κ2) is 8.74. The minimum absolute atomic E-state index is 0.113. The number of urea groups is 1. The topological polar surface area (TPSA) is 82.6 Å². The van der Waals surface area contributed by atoms with Gasteiger partial charge in [-0.15, -0.1) is 13.2 Å². The van der Waals surface area contributed by atoms with Crippen LogP contribution in [-0.2, 0) is 0 Å². The number of hydrogen-bond acceptors (Lipinski definition) is 6. The highest BCUT2D eigenvalue weighted by atomic mass is 19.4. The van der Waals surface area contributed by atoms with Crippen LogP contribution in [0.2, 0.25) is 0 Å². The summed E-state index contributed by atoms with van der Waals surface area (Å²) in [6, 6.07) is 4.57. The lowest BCUT2D eigenvalue weighted by Gasteiger charge is -2.32. The molecule has 2 N–H and O–H groups in total. The maximum atomic E-state index is 12.6. The van der Waals surface area contributed by atoms with Gasteiger partial charge in [0.1, 0.15) is 0 Å². The van der Waals surface area contributed by atoms with Crippen molar-refractivity contribution in [3.8, 4) is 5.75 Å². The number of carbonyl (C=O) groups is 1. The summed E-state index contributed by atoms with van der Waals surface area (Å²) in [7, 11) is 2.05. The molecule has 0 aliphatic carbocycles. The van der Waals surface area contributed by atoms with E-state index in [1.54, 1.807) is 13.8 Å². The molecule has 30 heavy (non-hydrogen) atoms. The van der Waals surface area contributed by atoms with Crippen LogP contribution >= 0.6 is 0 Å². The Morgan fingerprint density at radius 2 is 1.63 bits per heavy atom. The monoisotopic (exact) mass is 424 g/mol. The van der Waals surface area contributed by atoms with Crippen molar-refractivity contribution in [1.82, 2.24) is 14.9 Å². The van der Waals surface area contributed by atoms with Gasteiger partial charge in [-0.1, -0.05) is 12.1 Å². The van der Waals surface area contributed by atoms with Gasteiger partial charge in [-0.25, -0.2) is 14.8 Å². The third-order valence-electron chi connectivity index (χ3n) is 4.64. The molecule has 162 valence electrons. The van der Waals surface area contributed by atoms with Crippen molar-refractivity contribution in [3.05, 3.63) is 35.7 Å². The van der Waals surface area contributed by atoms with Crippen LogP contribution in [0, 0.1) is 13.8 Å². The molecule has 3 rings (SSSR count). The number of nitrogens with zero attached hydrogens (tertiary/aromatic N) is 4. The molecule has 1 aromatic heterocycles. The normalized spacial score (nSPS) is 15.1. The molecule has 0 saturated carbocycles. The molecule has 1 aromatic carbocycles. The molecular formula is C19H23F3N6O2. The number of aromatic nitrogens is 2. The summed E-state index contributed by atoms with van der Waals surface area (Å²) in [5, 5.41) is 4.99. The fourth-order valence-electron chi connectivity index (χ4n) is 3.08. The Bertz CT molecular complexity index is 890. The molecule has 1 saturated heterocycles. The number of nitrogens with one attached hydrogen (secondary N) is 2. The first-order chi connectivity index (χ1) is 14.1. The van der Waals surface area contributed by atoms with E-state index in [9.17, 15) is 18.0 Å². The number of rotatable bonds is 4. The highest BCUT2D eigenvalue weighted by molar-refractivity contribution is 6.01. The summed E-state index contributed by atoms with van der Waals surface area (Å²) in [5.41, 5.74) is 1.41. The predicted octanol–water partition coefficient (Wildman–Crippen LogP) is 3.39. The van der Waals surface area contributed by atoms with Crippen LogP contribution in [0.25, 0.3) is 0 Å². The number of anilines is 3. The molecule has 1 aliphatic heterocycles. The Balaban J connectivity index is 1.72. The zero-order chi connectivity index (χ0) is 21.9. The number of benzene rings is 1. The van der Waals surface area contributed by atoms with E-state index in [0.717, 1.165) is 32.2 Å². The van der Waals surface area contributed by atoms with E-state index < -0.39 is 18.1 Å². The Morgan fingerprint density at radius 1 is 1.03 bits per heavy atom. The molecule has 0 atom stereocenters. The first-order valence-electron chi connectivity index (χ1n) is 9.34. The molecule has 8 nitrogen and oxygen atoms in total. The van der Waals surface area contributed by atoms with Gasteiger partial charge >= 0.3 is 12.4 Å². The number of piperazine rings is 1. The third kappa shape index (κ3) is 5.50. The number of hydrogen-bond donors (Lipinski definition) is 2. The molecule has 0 spiro atoms. The van der Waals surface area contributed by atoms with Crippen molar-refractivity contribution >= 4 is 23.4 Å². The average molecular weight is 424 g/mol.